The van der Waals surface area contributed by atoms with Crippen LogP contribution in [-0.4, -0.2) is 46.2 Å². The zero-order chi connectivity index (χ0) is 25.9. The van der Waals surface area contributed by atoms with Crippen molar-refractivity contribution in [2.24, 2.45) is 0 Å². The number of carboxylic acids is 1. The van der Waals surface area contributed by atoms with E-state index in [1.165, 1.54) is 12.1 Å². The largest absolute Gasteiger partial charge is 0.494 e. The number of ether oxygens (including phenoxy) is 1. The summed E-state index contributed by atoms with van der Waals surface area (Å²) in [5.41, 5.74) is 0.954. The molecule has 0 aliphatic carbocycles. The van der Waals surface area contributed by atoms with E-state index in [0.29, 0.717) is 36.6 Å². The van der Waals surface area contributed by atoms with Crippen molar-refractivity contribution in [1.82, 2.24) is 15.0 Å². The first-order valence-electron chi connectivity index (χ1n) is 11.0. The van der Waals surface area contributed by atoms with Crippen molar-refractivity contribution in [2.45, 2.75) is 19.0 Å². The Kier molecular flexibility index (Phi) is 7.09. The normalized spacial score (nSPS) is 11.6. The van der Waals surface area contributed by atoms with Gasteiger partial charge in [0.1, 0.15) is 5.75 Å². The molecule has 188 valence electrons. The van der Waals surface area contributed by atoms with Crippen LogP contribution in [0.2, 0.25) is 0 Å². The average Bonchev–Trinajstić information content (AvgIpc) is 3.22. The molecule has 2 heterocycles. The number of carbonyl (C=O) groups is 1. The molecule has 2 aromatic carbocycles. The van der Waals surface area contributed by atoms with Crippen molar-refractivity contribution < 1.29 is 32.2 Å². The minimum Gasteiger partial charge on any atom is -0.494 e. The van der Waals surface area contributed by atoms with Crippen LogP contribution in [0.3, 0.4) is 0 Å². The number of aromatic nitrogens is 3. The molecule has 0 atom stereocenters. The maximum Gasteiger partial charge on any atom is 0.416 e. The molecule has 0 radical (unpaired) electrons. The van der Waals surface area contributed by atoms with Gasteiger partial charge in [0.15, 0.2) is 17.5 Å². The number of aromatic amines is 1. The molecule has 0 spiro atoms. The molecule has 0 saturated heterocycles. The number of H-pyrrole nitrogens is 1. The molecule has 0 amide bonds. The van der Waals surface area contributed by atoms with Gasteiger partial charge in [0.2, 0.25) is 0 Å². The first-order valence-corrected chi connectivity index (χ1v) is 11.0. The second-order valence-corrected chi connectivity index (χ2v) is 8.18. The van der Waals surface area contributed by atoms with E-state index in [4.69, 9.17) is 9.84 Å². The zero-order valence-corrected chi connectivity index (χ0v) is 19.1. The van der Waals surface area contributed by atoms with E-state index in [1.54, 1.807) is 36.2 Å². The van der Waals surface area contributed by atoms with Gasteiger partial charge in [-0.3, -0.25) is 4.79 Å². The highest BCUT2D eigenvalue weighted by atomic mass is 19.4. The minimum absolute atomic E-state index is 0.0274. The Morgan fingerprint density at radius 2 is 1.89 bits per heavy atom. The van der Waals surface area contributed by atoms with Crippen LogP contribution in [0.15, 0.2) is 54.7 Å². The molecule has 0 unspecified atom stereocenters. The van der Waals surface area contributed by atoms with E-state index in [2.05, 4.69) is 15.0 Å². The fourth-order valence-corrected chi connectivity index (χ4v) is 3.69. The minimum atomic E-state index is -4.45. The van der Waals surface area contributed by atoms with Crippen LogP contribution in [0.4, 0.5) is 23.4 Å². The second-order valence-electron chi connectivity index (χ2n) is 8.18. The highest BCUT2D eigenvalue weighted by Gasteiger charge is 2.30. The summed E-state index contributed by atoms with van der Waals surface area (Å²) in [6, 6.07) is 11.5. The first-order chi connectivity index (χ1) is 17.1. The van der Waals surface area contributed by atoms with Crippen LogP contribution in [0.25, 0.3) is 22.3 Å². The Morgan fingerprint density at radius 1 is 1.14 bits per heavy atom. The van der Waals surface area contributed by atoms with Crippen molar-refractivity contribution in [1.29, 1.82) is 0 Å². The van der Waals surface area contributed by atoms with Gasteiger partial charge in [-0.25, -0.2) is 14.4 Å². The van der Waals surface area contributed by atoms with Crippen molar-refractivity contribution >= 4 is 22.7 Å². The lowest BCUT2D eigenvalue weighted by atomic mass is 10.1. The molecule has 36 heavy (non-hydrogen) atoms. The lowest BCUT2D eigenvalue weighted by molar-refractivity contribution is -0.138. The van der Waals surface area contributed by atoms with Gasteiger partial charge in [0, 0.05) is 35.8 Å². The highest BCUT2D eigenvalue weighted by Crippen LogP contribution is 2.31. The molecule has 0 aliphatic heterocycles. The van der Waals surface area contributed by atoms with Crippen molar-refractivity contribution in [2.75, 3.05) is 25.1 Å². The van der Waals surface area contributed by atoms with Gasteiger partial charge in [-0.15, -0.1) is 0 Å². The number of nitrogens with zero attached hydrogens (tertiary/aromatic N) is 3. The number of benzene rings is 2. The van der Waals surface area contributed by atoms with Crippen LogP contribution < -0.4 is 9.64 Å². The summed E-state index contributed by atoms with van der Waals surface area (Å²) < 4.78 is 58.5. The Labute approximate surface area is 203 Å². The monoisotopic (exact) mass is 502 g/mol. The van der Waals surface area contributed by atoms with Crippen LogP contribution in [0.1, 0.15) is 17.7 Å². The van der Waals surface area contributed by atoms with Crippen molar-refractivity contribution in [3.05, 3.63) is 71.8 Å². The van der Waals surface area contributed by atoms with Gasteiger partial charge in [-0.1, -0.05) is 12.1 Å². The quantitative estimate of drug-likeness (QED) is 0.238. The van der Waals surface area contributed by atoms with Crippen LogP contribution in [-0.2, 0) is 17.4 Å². The summed E-state index contributed by atoms with van der Waals surface area (Å²) in [6.45, 7) is 0.732. The van der Waals surface area contributed by atoms with Crippen molar-refractivity contribution in [3.63, 3.8) is 0 Å². The SMILES string of the molecule is CN(CCCOc1ccc2[nH]c(CC(=O)O)cc2c1)c1nc(-c2ccc(C(F)(F)F)cc2)ncc1F. The molecular formula is C25H22F4N4O3. The van der Waals surface area contributed by atoms with Crippen molar-refractivity contribution in [3.8, 4) is 17.1 Å². The molecule has 0 aliphatic rings. The van der Waals surface area contributed by atoms with Crippen LogP contribution in [0, 0.1) is 5.82 Å². The highest BCUT2D eigenvalue weighted by molar-refractivity contribution is 5.83. The summed E-state index contributed by atoms with van der Waals surface area (Å²) in [7, 11) is 1.65. The number of aliphatic carboxylic acids is 1. The molecule has 2 aromatic heterocycles. The Balaban J connectivity index is 1.35. The predicted octanol–water partition coefficient (Wildman–Crippen LogP) is 5.32. The summed E-state index contributed by atoms with van der Waals surface area (Å²) in [6.07, 6.45) is -3.03. The predicted molar refractivity (Wildman–Crippen MR) is 125 cm³/mol. The van der Waals surface area contributed by atoms with Gasteiger partial charge in [0.25, 0.3) is 0 Å². The summed E-state index contributed by atoms with van der Waals surface area (Å²) >= 11 is 0. The van der Waals surface area contributed by atoms with Gasteiger partial charge in [-0.2, -0.15) is 13.2 Å². The third-order valence-corrected chi connectivity index (χ3v) is 5.45. The number of alkyl halides is 3. The zero-order valence-electron chi connectivity index (χ0n) is 19.1. The van der Waals surface area contributed by atoms with Gasteiger partial charge in [0.05, 0.1) is 24.8 Å². The first kappa shape index (κ1) is 25.0. The molecule has 4 rings (SSSR count). The molecule has 4 aromatic rings. The van der Waals surface area contributed by atoms with E-state index in [0.717, 1.165) is 29.2 Å². The fraction of sp³-hybridized carbons (Fsp3) is 0.240. The number of nitrogens with one attached hydrogen (secondary N) is 1. The number of hydrogen-bond donors (Lipinski definition) is 2. The molecule has 7 nitrogen and oxygen atoms in total. The topological polar surface area (TPSA) is 91.3 Å². The molecule has 2 N–H and O–H groups in total. The molecule has 0 saturated carbocycles. The maximum atomic E-state index is 14.4. The number of fused-ring (bicyclic) bond motifs is 1. The van der Waals surface area contributed by atoms with E-state index in [-0.39, 0.29) is 18.1 Å². The number of halogens is 4. The lowest BCUT2D eigenvalue weighted by Gasteiger charge is -2.19. The smallest absolute Gasteiger partial charge is 0.416 e. The fourth-order valence-electron chi connectivity index (χ4n) is 3.69. The third-order valence-electron chi connectivity index (χ3n) is 5.45. The maximum absolute atomic E-state index is 14.4. The average molecular weight is 502 g/mol. The van der Waals surface area contributed by atoms with Gasteiger partial charge in [-0.05, 0) is 42.8 Å². The molecular weight excluding hydrogens is 480 g/mol. The second kappa shape index (κ2) is 10.2. The summed E-state index contributed by atoms with van der Waals surface area (Å²) in [4.78, 5) is 23.6. The number of rotatable bonds is 9. The standard InChI is InChI=1S/C25H22F4N4O3/c1-33(9-2-10-36-19-7-8-21-16(12-19)11-18(31-21)13-22(34)35)24-20(26)14-30-23(32-24)15-3-5-17(6-4-15)25(27,28)29/h3-8,11-12,14,31H,2,9-10,13H2,1H3,(H,34,35). The van der Waals surface area contributed by atoms with E-state index < -0.39 is 23.5 Å². The van der Waals surface area contributed by atoms with Crippen LogP contribution in [0.5, 0.6) is 5.75 Å². The van der Waals surface area contributed by atoms with Crippen LogP contribution >= 0.6 is 0 Å². The lowest BCUT2D eigenvalue weighted by Crippen LogP contribution is -2.23. The Bertz CT molecular complexity index is 1370. The van der Waals surface area contributed by atoms with E-state index in [9.17, 15) is 22.4 Å². The summed E-state index contributed by atoms with van der Waals surface area (Å²) in [5.74, 6) is -0.813. The number of carboxylic acid groups (broad SMARTS) is 1. The molecule has 11 heteroatoms. The number of anilines is 1. The molecule has 0 fully saturated rings. The van der Waals surface area contributed by atoms with Gasteiger partial charge >= 0.3 is 12.1 Å². The Hall–Kier alpha value is -4.15. The third kappa shape index (κ3) is 5.91. The number of hydrogen-bond acceptors (Lipinski definition) is 5. The van der Waals surface area contributed by atoms with Gasteiger partial charge < -0.3 is 19.7 Å². The van der Waals surface area contributed by atoms with E-state index >= 15 is 0 Å². The Morgan fingerprint density at radius 3 is 2.58 bits per heavy atom. The summed E-state index contributed by atoms with van der Waals surface area (Å²) in [5, 5.41) is 9.76. The molecule has 0 bridgehead atoms. The van der Waals surface area contributed by atoms with E-state index in [1.807, 2.05) is 0 Å².